The van der Waals surface area contributed by atoms with Crippen LogP contribution in [-0.4, -0.2) is 35.6 Å². The molecule has 0 saturated heterocycles. The molecule has 0 aromatic carbocycles. The number of carbonyl (C=O) groups excluding carboxylic acids is 1. The van der Waals surface area contributed by atoms with Crippen LogP contribution in [0.5, 0.6) is 0 Å². The van der Waals surface area contributed by atoms with Crippen molar-refractivity contribution in [3.63, 3.8) is 0 Å². The number of esters is 1. The van der Waals surface area contributed by atoms with Gasteiger partial charge in [0.2, 0.25) is 0 Å². The van der Waals surface area contributed by atoms with Gasteiger partial charge in [-0.3, -0.25) is 4.79 Å². The lowest BCUT2D eigenvalue weighted by Crippen LogP contribution is -2.11. The molecule has 1 rings (SSSR count). The standard InChI is InChI=1S/C13H22N4O2/c1-4-14-12-10(3)13(17-9-16-12)15-8-6-7-11(18)19-5-2/h9H,4-8H2,1-3H3,(H2,14,15,16,17). The molecule has 1 aromatic heterocycles. The van der Waals surface area contributed by atoms with Crippen LogP contribution in [0.4, 0.5) is 11.6 Å². The Morgan fingerprint density at radius 2 is 1.95 bits per heavy atom. The Kier molecular flexibility index (Phi) is 6.63. The van der Waals surface area contributed by atoms with Crippen LogP contribution in [0.3, 0.4) is 0 Å². The summed E-state index contributed by atoms with van der Waals surface area (Å²) < 4.78 is 4.87. The van der Waals surface area contributed by atoms with Crippen molar-refractivity contribution < 1.29 is 9.53 Å². The molecule has 0 fully saturated rings. The molecule has 0 unspecified atom stereocenters. The fourth-order valence-electron chi connectivity index (χ4n) is 1.65. The summed E-state index contributed by atoms with van der Waals surface area (Å²) in [6.45, 7) is 7.73. The number of nitrogens with one attached hydrogen (secondary N) is 2. The highest BCUT2D eigenvalue weighted by Crippen LogP contribution is 2.17. The molecule has 0 aliphatic carbocycles. The lowest BCUT2D eigenvalue weighted by atomic mass is 10.2. The van der Waals surface area contributed by atoms with Gasteiger partial charge in [-0.1, -0.05) is 0 Å². The number of hydrogen-bond donors (Lipinski definition) is 2. The molecule has 2 N–H and O–H groups in total. The first-order chi connectivity index (χ1) is 9.19. The molecule has 6 heteroatoms. The quantitative estimate of drug-likeness (QED) is 0.553. The van der Waals surface area contributed by atoms with E-state index in [1.54, 1.807) is 0 Å². The summed E-state index contributed by atoms with van der Waals surface area (Å²) in [5.74, 6) is 1.48. The van der Waals surface area contributed by atoms with E-state index in [1.165, 1.54) is 6.33 Å². The van der Waals surface area contributed by atoms with Gasteiger partial charge in [-0.15, -0.1) is 0 Å². The molecule has 6 nitrogen and oxygen atoms in total. The molecule has 1 heterocycles. The molecule has 0 radical (unpaired) electrons. The van der Waals surface area contributed by atoms with Crippen molar-refractivity contribution in [2.24, 2.45) is 0 Å². The maximum absolute atomic E-state index is 11.2. The number of nitrogens with zero attached hydrogens (tertiary/aromatic N) is 2. The first kappa shape index (κ1) is 15.2. The maximum Gasteiger partial charge on any atom is 0.305 e. The average Bonchev–Trinajstić information content (AvgIpc) is 2.39. The smallest absolute Gasteiger partial charge is 0.305 e. The number of aromatic nitrogens is 2. The van der Waals surface area contributed by atoms with Gasteiger partial charge >= 0.3 is 5.97 Å². The molecular formula is C13H22N4O2. The molecule has 0 atom stereocenters. The fourth-order valence-corrected chi connectivity index (χ4v) is 1.65. The van der Waals surface area contributed by atoms with Crippen LogP contribution in [0.1, 0.15) is 32.3 Å². The van der Waals surface area contributed by atoms with Gasteiger partial charge in [-0.25, -0.2) is 9.97 Å². The van der Waals surface area contributed by atoms with Crippen LogP contribution in [0.15, 0.2) is 6.33 Å². The average molecular weight is 266 g/mol. The van der Waals surface area contributed by atoms with Crippen LogP contribution in [0, 0.1) is 6.92 Å². The summed E-state index contributed by atoms with van der Waals surface area (Å²) in [5, 5.41) is 6.39. The van der Waals surface area contributed by atoms with E-state index in [-0.39, 0.29) is 5.97 Å². The monoisotopic (exact) mass is 266 g/mol. The predicted molar refractivity (Wildman–Crippen MR) is 75.3 cm³/mol. The van der Waals surface area contributed by atoms with E-state index in [9.17, 15) is 4.79 Å². The van der Waals surface area contributed by atoms with Crippen molar-refractivity contribution in [3.8, 4) is 0 Å². The van der Waals surface area contributed by atoms with Crippen LogP contribution in [-0.2, 0) is 9.53 Å². The van der Waals surface area contributed by atoms with Gasteiger partial charge in [0, 0.05) is 25.1 Å². The lowest BCUT2D eigenvalue weighted by Gasteiger charge is -2.11. The van der Waals surface area contributed by atoms with Crippen molar-refractivity contribution in [3.05, 3.63) is 11.9 Å². The minimum atomic E-state index is -0.156. The van der Waals surface area contributed by atoms with Gasteiger partial charge in [0.25, 0.3) is 0 Å². The van der Waals surface area contributed by atoms with E-state index in [0.29, 0.717) is 19.6 Å². The summed E-state index contributed by atoms with van der Waals surface area (Å²) in [6, 6.07) is 0. The Bertz CT molecular complexity index is 410. The Morgan fingerprint density at radius 3 is 2.58 bits per heavy atom. The highest BCUT2D eigenvalue weighted by atomic mass is 16.5. The van der Waals surface area contributed by atoms with Gasteiger partial charge in [0.05, 0.1) is 6.61 Å². The Hall–Kier alpha value is -1.85. The van der Waals surface area contributed by atoms with Gasteiger partial charge in [0.1, 0.15) is 18.0 Å². The highest BCUT2D eigenvalue weighted by Gasteiger charge is 2.06. The summed E-state index contributed by atoms with van der Waals surface area (Å²) in [5.41, 5.74) is 0.987. The molecular weight excluding hydrogens is 244 g/mol. The first-order valence-corrected chi connectivity index (χ1v) is 6.64. The summed E-state index contributed by atoms with van der Waals surface area (Å²) in [7, 11) is 0. The third-order valence-electron chi connectivity index (χ3n) is 2.58. The summed E-state index contributed by atoms with van der Waals surface area (Å²) in [4.78, 5) is 19.5. The van der Waals surface area contributed by atoms with Crippen LogP contribution >= 0.6 is 0 Å². The second kappa shape index (κ2) is 8.29. The lowest BCUT2D eigenvalue weighted by molar-refractivity contribution is -0.143. The molecule has 1 aromatic rings. The number of hydrogen-bond acceptors (Lipinski definition) is 6. The van der Waals surface area contributed by atoms with Gasteiger partial charge < -0.3 is 15.4 Å². The van der Waals surface area contributed by atoms with Crippen molar-refractivity contribution >= 4 is 17.6 Å². The molecule has 0 spiro atoms. The Labute approximate surface area is 114 Å². The van der Waals surface area contributed by atoms with Crippen LogP contribution in [0.2, 0.25) is 0 Å². The largest absolute Gasteiger partial charge is 0.466 e. The SMILES string of the molecule is CCNc1ncnc(NCCCC(=O)OCC)c1C. The van der Waals surface area contributed by atoms with Crippen molar-refractivity contribution in [1.82, 2.24) is 9.97 Å². The summed E-state index contributed by atoms with van der Waals surface area (Å²) in [6.07, 6.45) is 2.67. The molecule has 0 saturated carbocycles. The minimum absolute atomic E-state index is 0.156. The second-order valence-electron chi connectivity index (χ2n) is 4.06. The molecule has 0 amide bonds. The van der Waals surface area contributed by atoms with E-state index < -0.39 is 0 Å². The third kappa shape index (κ3) is 5.11. The van der Waals surface area contributed by atoms with Gasteiger partial charge in [-0.05, 0) is 27.2 Å². The zero-order valence-electron chi connectivity index (χ0n) is 11.8. The molecule has 106 valence electrons. The van der Waals surface area contributed by atoms with Crippen molar-refractivity contribution in [2.75, 3.05) is 30.3 Å². The topological polar surface area (TPSA) is 76.1 Å². The molecule has 0 aliphatic heterocycles. The number of carbonyl (C=O) groups is 1. The highest BCUT2D eigenvalue weighted by molar-refractivity contribution is 5.69. The number of ether oxygens (including phenoxy) is 1. The summed E-state index contributed by atoms with van der Waals surface area (Å²) >= 11 is 0. The van der Waals surface area contributed by atoms with E-state index in [4.69, 9.17) is 4.74 Å². The molecule has 19 heavy (non-hydrogen) atoms. The van der Waals surface area contributed by atoms with Crippen LogP contribution < -0.4 is 10.6 Å². The molecule has 0 bridgehead atoms. The van der Waals surface area contributed by atoms with Crippen molar-refractivity contribution in [2.45, 2.75) is 33.6 Å². The van der Waals surface area contributed by atoms with E-state index in [2.05, 4.69) is 20.6 Å². The predicted octanol–water partition coefficient (Wildman–Crippen LogP) is 1.97. The zero-order chi connectivity index (χ0) is 14.1. The maximum atomic E-state index is 11.2. The third-order valence-corrected chi connectivity index (χ3v) is 2.58. The Balaban J connectivity index is 2.41. The first-order valence-electron chi connectivity index (χ1n) is 6.64. The number of rotatable bonds is 8. The normalized spacial score (nSPS) is 10.1. The van der Waals surface area contributed by atoms with Gasteiger partial charge in [0.15, 0.2) is 0 Å². The Morgan fingerprint density at radius 1 is 1.26 bits per heavy atom. The van der Waals surface area contributed by atoms with E-state index in [0.717, 1.165) is 30.2 Å². The van der Waals surface area contributed by atoms with Crippen LogP contribution in [0.25, 0.3) is 0 Å². The zero-order valence-corrected chi connectivity index (χ0v) is 11.8. The molecule has 0 aliphatic rings. The second-order valence-corrected chi connectivity index (χ2v) is 4.06. The fraction of sp³-hybridized carbons (Fsp3) is 0.615. The minimum Gasteiger partial charge on any atom is -0.466 e. The van der Waals surface area contributed by atoms with E-state index in [1.807, 2.05) is 20.8 Å². The van der Waals surface area contributed by atoms with E-state index >= 15 is 0 Å². The van der Waals surface area contributed by atoms with Crippen molar-refractivity contribution in [1.29, 1.82) is 0 Å². The van der Waals surface area contributed by atoms with Gasteiger partial charge in [-0.2, -0.15) is 0 Å². The number of anilines is 2.